The first-order valence-corrected chi connectivity index (χ1v) is 6.23. The summed E-state index contributed by atoms with van der Waals surface area (Å²) in [5.74, 6) is 3.10. The van der Waals surface area contributed by atoms with Crippen LogP contribution in [0.1, 0.15) is 5.56 Å². The lowest BCUT2D eigenvalue weighted by Gasteiger charge is -2.03. The normalized spacial score (nSPS) is 9.68. The highest BCUT2D eigenvalue weighted by molar-refractivity contribution is 5.94. The zero-order chi connectivity index (χ0) is 12.9. The van der Waals surface area contributed by atoms with Crippen molar-refractivity contribution in [3.05, 3.63) is 78.4 Å². The van der Waals surface area contributed by atoms with Crippen LogP contribution in [-0.4, -0.2) is 0 Å². The van der Waals surface area contributed by atoms with Gasteiger partial charge in [-0.05, 0) is 29.5 Å². The molecule has 0 saturated carbocycles. The van der Waals surface area contributed by atoms with Crippen molar-refractivity contribution in [3.63, 3.8) is 0 Å². The molecule has 0 aliphatic rings. The van der Waals surface area contributed by atoms with Gasteiger partial charge in [0, 0.05) is 17.0 Å². The van der Waals surface area contributed by atoms with E-state index in [1.165, 1.54) is 10.8 Å². The molecule has 90 valence electrons. The molecule has 19 heavy (non-hydrogen) atoms. The zero-order valence-corrected chi connectivity index (χ0v) is 10.4. The standard InChI is InChI=1S/C18H13N/c1-2-7-15(8-3-1)13-14-19-18-12-6-10-16-9-4-5-11-17(16)18/h1-12,19H. The molecule has 1 N–H and O–H groups in total. The average molecular weight is 243 g/mol. The number of benzene rings is 3. The minimum Gasteiger partial charge on any atom is -0.314 e. The first-order chi connectivity index (χ1) is 9.43. The van der Waals surface area contributed by atoms with Crippen LogP contribution in [0.4, 0.5) is 5.69 Å². The van der Waals surface area contributed by atoms with Crippen LogP contribution in [0.15, 0.2) is 72.8 Å². The highest BCUT2D eigenvalue weighted by atomic mass is 14.8. The van der Waals surface area contributed by atoms with Gasteiger partial charge >= 0.3 is 0 Å². The number of hydrogen-bond acceptors (Lipinski definition) is 1. The van der Waals surface area contributed by atoms with E-state index < -0.39 is 0 Å². The first-order valence-electron chi connectivity index (χ1n) is 6.23. The predicted molar refractivity (Wildman–Crippen MR) is 80.9 cm³/mol. The van der Waals surface area contributed by atoms with Crippen molar-refractivity contribution in [1.29, 1.82) is 0 Å². The largest absolute Gasteiger partial charge is 0.314 e. The molecule has 0 aliphatic carbocycles. The van der Waals surface area contributed by atoms with Gasteiger partial charge in [0.25, 0.3) is 0 Å². The molecule has 0 saturated heterocycles. The molecule has 3 aromatic carbocycles. The molecule has 0 atom stereocenters. The minimum absolute atomic E-state index is 1.01. The van der Waals surface area contributed by atoms with E-state index in [2.05, 4.69) is 35.5 Å². The van der Waals surface area contributed by atoms with Crippen molar-refractivity contribution in [2.75, 3.05) is 5.32 Å². The Bertz CT molecular complexity index is 743. The molecule has 0 aromatic heterocycles. The summed E-state index contributed by atoms with van der Waals surface area (Å²) in [7, 11) is 0. The lowest BCUT2D eigenvalue weighted by Crippen LogP contribution is -1.89. The van der Waals surface area contributed by atoms with E-state index in [9.17, 15) is 0 Å². The van der Waals surface area contributed by atoms with E-state index in [1.54, 1.807) is 0 Å². The summed E-state index contributed by atoms with van der Waals surface area (Å²) in [6.07, 6.45) is 0. The van der Waals surface area contributed by atoms with Crippen LogP contribution in [0, 0.1) is 12.0 Å². The summed E-state index contributed by atoms with van der Waals surface area (Å²) in [5, 5.41) is 5.58. The lowest BCUT2D eigenvalue weighted by atomic mass is 10.1. The Kier molecular flexibility index (Phi) is 3.16. The fraction of sp³-hybridized carbons (Fsp3) is 0. The summed E-state index contributed by atoms with van der Waals surface area (Å²) in [5.41, 5.74) is 2.05. The molecular formula is C18H13N. The molecule has 3 rings (SSSR count). The van der Waals surface area contributed by atoms with E-state index >= 15 is 0 Å². The van der Waals surface area contributed by atoms with Gasteiger partial charge < -0.3 is 5.32 Å². The Balaban J connectivity index is 1.89. The highest BCUT2D eigenvalue weighted by Crippen LogP contribution is 2.22. The van der Waals surface area contributed by atoms with Crippen LogP contribution in [0.5, 0.6) is 0 Å². The number of rotatable bonds is 1. The summed E-state index contributed by atoms with van der Waals surface area (Å²) >= 11 is 0. The van der Waals surface area contributed by atoms with E-state index in [4.69, 9.17) is 0 Å². The molecule has 0 spiro atoms. The Morgan fingerprint density at radius 1 is 0.684 bits per heavy atom. The van der Waals surface area contributed by atoms with Crippen LogP contribution >= 0.6 is 0 Å². The van der Waals surface area contributed by atoms with Crippen LogP contribution < -0.4 is 5.32 Å². The Labute approximate surface area is 112 Å². The van der Waals surface area contributed by atoms with Gasteiger partial charge in [0.05, 0.1) is 5.69 Å². The highest BCUT2D eigenvalue weighted by Gasteiger charge is 1.96. The van der Waals surface area contributed by atoms with Crippen molar-refractivity contribution in [1.82, 2.24) is 0 Å². The number of anilines is 1. The van der Waals surface area contributed by atoms with Gasteiger partial charge in [-0.2, -0.15) is 0 Å². The monoisotopic (exact) mass is 243 g/mol. The Morgan fingerprint density at radius 3 is 2.32 bits per heavy atom. The molecule has 1 nitrogen and oxygen atoms in total. The molecular weight excluding hydrogens is 230 g/mol. The Morgan fingerprint density at radius 2 is 1.42 bits per heavy atom. The minimum atomic E-state index is 1.01. The second-order valence-corrected chi connectivity index (χ2v) is 4.27. The van der Waals surface area contributed by atoms with E-state index in [0.29, 0.717) is 0 Å². The zero-order valence-electron chi connectivity index (χ0n) is 10.4. The number of hydrogen-bond donors (Lipinski definition) is 1. The van der Waals surface area contributed by atoms with E-state index in [0.717, 1.165) is 11.3 Å². The SMILES string of the molecule is C(#Cc1ccccc1)Nc1cccc2ccccc12. The third-order valence-corrected chi connectivity index (χ3v) is 2.97. The van der Waals surface area contributed by atoms with Crippen LogP contribution in [0.3, 0.4) is 0 Å². The van der Waals surface area contributed by atoms with Gasteiger partial charge in [-0.3, -0.25) is 0 Å². The van der Waals surface area contributed by atoms with Gasteiger partial charge in [-0.25, -0.2) is 0 Å². The van der Waals surface area contributed by atoms with Gasteiger partial charge in [-0.15, -0.1) is 0 Å². The van der Waals surface area contributed by atoms with Crippen LogP contribution in [-0.2, 0) is 0 Å². The van der Waals surface area contributed by atoms with E-state index in [1.807, 2.05) is 54.6 Å². The third kappa shape index (κ3) is 2.59. The molecule has 0 fully saturated rings. The summed E-state index contributed by atoms with van der Waals surface area (Å²) in [4.78, 5) is 0. The molecule has 0 unspecified atom stereocenters. The second-order valence-electron chi connectivity index (χ2n) is 4.27. The van der Waals surface area contributed by atoms with Crippen molar-refractivity contribution >= 4 is 16.5 Å². The van der Waals surface area contributed by atoms with Crippen molar-refractivity contribution in [2.24, 2.45) is 0 Å². The quantitative estimate of drug-likeness (QED) is 0.497. The number of fused-ring (bicyclic) bond motifs is 1. The molecule has 0 heterocycles. The van der Waals surface area contributed by atoms with Crippen molar-refractivity contribution < 1.29 is 0 Å². The van der Waals surface area contributed by atoms with Gasteiger partial charge in [0.2, 0.25) is 0 Å². The third-order valence-electron chi connectivity index (χ3n) is 2.97. The average Bonchev–Trinajstić information content (AvgIpc) is 2.49. The maximum atomic E-state index is 3.18. The second kappa shape index (κ2) is 5.29. The molecule has 0 amide bonds. The van der Waals surface area contributed by atoms with Crippen molar-refractivity contribution in [2.45, 2.75) is 0 Å². The smallest absolute Gasteiger partial charge is 0.0537 e. The number of nitrogens with one attached hydrogen (secondary N) is 1. The van der Waals surface area contributed by atoms with Crippen LogP contribution in [0.2, 0.25) is 0 Å². The molecule has 1 heteroatoms. The van der Waals surface area contributed by atoms with Gasteiger partial charge in [0.15, 0.2) is 0 Å². The molecule has 3 aromatic rings. The Hall–Kier alpha value is -2.72. The fourth-order valence-electron chi connectivity index (χ4n) is 2.03. The van der Waals surface area contributed by atoms with Gasteiger partial charge in [-0.1, -0.05) is 54.6 Å². The maximum absolute atomic E-state index is 3.18. The summed E-state index contributed by atoms with van der Waals surface area (Å²) in [6.45, 7) is 0. The van der Waals surface area contributed by atoms with Gasteiger partial charge in [0.1, 0.15) is 0 Å². The molecule has 0 radical (unpaired) electrons. The molecule has 0 bridgehead atoms. The molecule has 0 aliphatic heterocycles. The van der Waals surface area contributed by atoms with E-state index in [-0.39, 0.29) is 0 Å². The summed E-state index contributed by atoms with van der Waals surface area (Å²) < 4.78 is 0. The van der Waals surface area contributed by atoms with Crippen LogP contribution in [0.25, 0.3) is 10.8 Å². The first kappa shape index (κ1) is 11.4. The summed E-state index contributed by atoms with van der Waals surface area (Å²) in [6, 6.07) is 27.4. The van der Waals surface area contributed by atoms with Crippen molar-refractivity contribution in [3.8, 4) is 12.0 Å². The maximum Gasteiger partial charge on any atom is 0.0537 e. The lowest BCUT2D eigenvalue weighted by molar-refractivity contribution is 1.63. The predicted octanol–water partition coefficient (Wildman–Crippen LogP) is 4.26. The fourth-order valence-corrected chi connectivity index (χ4v) is 2.03. The topological polar surface area (TPSA) is 12.0 Å².